The first kappa shape index (κ1) is 13.0. The quantitative estimate of drug-likeness (QED) is 0.839. The monoisotopic (exact) mass is 291 g/mol. The first-order chi connectivity index (χ1) is 9.49. The van der Waals surface area contributed by atoms with E-state index in [1.807, 2.05) is 12.1 Å². The first-order valence-electron chi connectivity index (χ1n) is 6.35. The third-order valence-corrected chi connectivity index (χ3v) is 4.00. The molecule has 0 fully saturated rings. The van der Waals surface area contributed by atoms with Crippen molar-refractivity contribution < 1.29 is 9.59 Å². The van der Waals surface area contributed by atoms with Gasteiger partial charge in [-0.05, 0) is 30.2 Å². The van der Waals surface area contributed by atoms with E-state index in [2.05, 4.69) is 4.98 Å². The van der Waals surface area contributed by atoms with Crippen LogP contribution in [0.15, 0.2) is 18.2 Å². The molecule has 0 aliphatic carbocycles. The molecular formula is C14H14ClN3O2. The van der Waals surface area contributed by atoms with E-state index in [0.29, 0.717) is 23.7 Å². The molecule has 1 aliphatic rings. The van der Waals surface area contributed by atoms with Gasteiger partial charge in [0, 0.05) is 29.4 Å². The van der Waals surface area contributed by atoms with Crippen LogP contribution < -0.4 is 5.73 Å². The molecule has 1 unspecified atom stereocenters. The minimum Gasteiger partial charge on any atom is -0.368 e. The van der Waals surface area contributed by atoms with Gasteiger partial charge in [-0.2, -0.15) is 0 Å². The molecule has 0 spiro atoms. The molecule has 104 valence electrons. The number of halogens is 1. The number of nitrogens with zero attached hydrogens (tertiary/aromatic N) is 1. The van der Waals surface area contributed by atoms with Crippen LogP contribution in [0, 0.1) is 0 Å². The van der Waals surface area contributed by atoms with Gasteiger partial charge >= 0.3 is 0 Å². The number of H-pyrrole nitrogens is 1. The lowest BCUT2D eigenvalue weighted by atomic mass is 9.97. The highest BCUT2D eigenvalue weighted by Crippen LogP contribution is 2.35. The van der Waals surface area contributed by atoms with Crippen LogP contribution >= 0.6 is 11.6 Å². The second kappa shape index (κ2) is 4.52. The number of aromatic nitrogens is 1. The lowest BCUT2D eigenvalue weighted by Crippen LogP contribution is -2.44. The highest BCUT2D eigenvalue weighted by molar-refractivity contribution is 6.31. The van der Waals surface area contributed by atoms with Crippen LogP contribution in [0.1, 0.15) is 24.2 Å². The minimum atomic E-state index is -0.734. The number of amides is 2. The summed E-state index contributed by atoms with van der Waals surface area (Å²) < 4.78 is 0. The van der Waals surface area contributed by atoms with Crippen LogP contribution in [0.2, 0.25) is 5.02 Å². The molecular weight excluding hydrogens is 278 g/mol. The summed E-state index contributed by atoms with van der Waals surface area (Å²) in [5.41, 5.74) is 8.10. The largest absolute Gasteiger partial charge is 0.368 e. The van der Waals surface area contributed by atoms with Crippen molar-refractivity contribution in [1.82, 2.24) is 9.88 Å². The molecule has 2 aromatic rings. The number of carbonyl (C=O) groups is 2. The molecule has 0 saturated carbocycles. The summed E-state index contributed by atoms with van der Waals surface area (Å²) in [6.07, 6.45) is 0.680. The third kappa shape index (κ3) is 1.86. The molecule has 2 heterocycles. The maximum atomic E-state index is 11.8. The Morgan fingerprint density at radius 3 is 2.85 bits per heavy atom. The van der Waals surface area contributed by atoms with E-state index in [9.17, 15) is 9.59 Å². The van der Waals surface area contributed by atoms with Crippen molar-refractivity contribution in [3.05, 3.63) is 34.5 Å². The molecule has 3 N–H and O–H groups in total. The van der Waals surface area contributed by atoms with Crippen molar-refractivity contribution in [2.75, 3.05) is 6.54 Å². The van der Waals surface area contributed by atoms with Crippen LogP contribution in [0.25, 0.3) is 10.9 Å². The Kier molecular flexibility index (Phi) is 2.94. The summed E-state index contributed by atoms with van der Waals surface area (Å²) >= 11 is 6.03. The number of nitrogens with two attached hydrogens (primary N) is 1. The standard InChI is InChI=1S/C14H14ClN3O2/c1-7(19)18-5-4-9-10-6-8(15)2-3-11(10)17-12(9)13(18)14(16)20/h2-3,6,13,17H,4-5H2,1H3,(H2,16,20). The van der Waals surface area contributed by atoms with Gasteiger partial charge < -0.3 is 15.6 Å². The van der Waals surface area contributed by atoms with E-state index in [4.69, 9.17) is 17.3 Å². The number of hydrogen-bond acceptors (Lipinski definition) is 2. The topological polar surface area (TPSA) is 79.2 Å². The van der Waals surface area contributed by atoms with Crippen LogP contribution in [0.4, 0.5) is 0 Å². The number of aromatic amines is 1. The number of hydrogen-bond donors (Lipinski definition) is 2. The van der Waals surface area contributed by atoms with E-state index in [1.165, 1.54) is 11.8 Å². The predicted molar refractivity (Wildman–Crippen MR) is 76.3 cm³/mol. The molecule has 1 atom stereocenters. The summed E-state index contributed by atoms with van der Waals surface area (Å²) in [5.74, 6) is -0.685. The van der Waals surface area contributed by atoms with Gasteiger partial charge in [0.1, 0.15) is 0 Å². The van der Waals surface area contributed by atoms with Crippen molar-refractivity contribution in [1.29, 1.82) is 0 Å². The van der Waals surface area contributed by atoms with Gasteiger partial charge in [0.2, 0.25) is 11.8 Å². The molecule has 0 saturated heterocycles. The van der Waals surface area contributed by atoms with Crippen LogP contribution in [-0.2, 0) is 16.0 Å². The zero-order valence-corrected chi connectivity index (χ0v) is 11.7. The predicted octanol–water partition coefficient (Wildman–Crippen LogP) is 1.75. The maximum absolute atomic E-state index is 11.8. The Bertz CT molecular complexity index is 723. The maximum Gasteiger partial charge on any atom is 0.246 e. The fourth-order valence-electron chi connectivity index (χ4n) is 2.90. The van der Waals surface area contributed by atoms with Gasteiger partial charge in [-0.1, -0.05) is 11.6 Å². The van der Waals surface area contributed by atoms with E-state index >= 15 is 0 Å². The summed E-state index contributed by atoms with van der Waals surface area (Å²) in [6, 6.07) is 4.79. The molecule has 6 heteroatoms. The van der Waals surface area contributed by atoms with Gasteiger partial charge in [-0.25, -0.2) is 0 Å². The van der Waals surface area contributed by atoms with Crippen molar-refractivity contribution >= 4 is 34.3 Å². The van der Waals surface area contributed by atoms with E-state index in [-0.39, 0.29) is 5.91 Å². The van der Waals surface area contributed by atoms with Crippen molar-refractivity contribution in [2.45, 2.75) is 19.4 Å². The number of rotatable bonds is 1. The van der Waals surface area contributed by atoms with Gasteiger partial charge in [-0.3, -0.25) is 9.59 Å². The van der Waals surface area contributed by atoms with Crippen molar-refractivity contribution in [3.8, 4) is 0 Å². The Morgan fingerprint density at radius 2 is 2.20 bits per heavy atom. The van der Waals surface area contributed by atoms with Crippen LogP contribution in [0.3, 0.4) is 0 Å². The zero-order chi connectivity index (χ0) is 14.4. The average Bonchev–Trinajstić information content (AvgIpc) is 2.75. The molecule has 0 radical (unpaired) electrons. The average molecular weight is 292 g/mol. The van der Waals surface area contributed by atoms with E-state index < -0.39 is 11.9 Å². The molecule has 1 aliphatic heterocycles. The number of fused-ring (bicyclic) bond motifs is 3. The molecule has 1 aromatic heterocycles. The van der Waals surface area contributed by atoms with E-state index in [0.717, 1.165) is 16.5 Å². The van der Waals surface area contributed by atoms with Gasteiger partial charge in [0.05, 0.1) is 5.69 Å². The summed E-state index contributed by atoms with van der Waals surface area (Å²) in [6.45, 7) is 1.93. The molecule has 0 bridgehead atoms. The summed E-state index contributed by atoms with van der Waals surface area (Å²) in [7, 11) is 0. The van der Waals surface area contributed by atoms with Gasteiger partial charge in [0.15, 0.2) is 6.04 Å². The number of benzene rings is 1. The SMILES string of the molecule is CC(=O)N1CCc2c([nH]c3ccc(Cl)cc23)C1C(N)=O. The summed E-state index contributed by atoms with van der Waals surface area (Å²) in [4.78, 5) is 28.1. The van der Waals surface area contributed by atoms with Crippen LogP contribution in [-0.4, -0.2) is 28.2 Å². The van der Waals surface area contributed by atoms with E-state index in [1.54, 1.807) is 6.07 Å². The first-order valence-corrected chi connectivity index (χ1v) is 6.73. The number of primary amides is 1. The van der Waals surface area contributed by atoms with Gasteiger partial charge in [-0.15, -0.1) is 0 Å². The van der Waals surface area contributed by atoms with Gasteiger partial charge in [0.25, 0.3) is 0 Å². The lowest BCUT2D eigenvalue weighted by molar-refractivity contribution is -0.138. The molecule has 5 nitrogen and oxygen atoms in total. The van der Waals surface area contributed by atoms with Crippen molar-refractivity contribution in [3.63, 3.8) is 0 Å². The summed E-state index contributed by atoms with van der Waals surface area (Å²) in [5, 5.41) is 1.63. The Balaban J connectivity index is 2.22. The second-order valence-electron chi connectivity index (χ2n) is 4.97. The highest BCUT2D eigenvalue weighted by Gasteiger charge is 2.35. The smallest absolute Gasteiger partial charge is 0.246 e. The normalized spacial score (nSPS) is 18.1. The second-order valence-corrected chi connectivity index (χ2v) is 5.41. The fraction of sp³-hybridized carbons (Fsp3) is 0.286. The number of nitrogens with one attached hydrogen (secondary N) is 1. The Labute approximate surface area is 120 Å². The highest BCUT2D eigenvalue weighted by atomic mass is 35.5. The zero-order valence-electron chi connectivity index (χ0n) is 10.9. The Hall–Kier alpha value is -2.01. The lowest BCUT2D eigenvalue weighted by Gasteiger charge is -2.33. The van der Waals surface area contributed by atoms with Crippen LogP contribution in [0.5, 0.6) is 0 Å². The molecule has 20 heavy (non-hydrogen) atoms. The fourth-order valence-corrected chi connectivity index (χ4v) is 3.07. The molecule has 3 rings (SSSR count). The third-order valence-electron chi connectivity index (χ3n) is 3.76. The van der Waals surface area contributed by atoms with Crippen molar-refractivity contribution in [2.24, 2.45) is 5.73 Å². The molecule has 2 amide bonds. The Morgan fingerprint density at radius 1 is 1.45 bits per heavy atom. The molecule has 1 aromatic carbocycles. The number of carbonyl (C=O) groups excluding carboxylic acids is 2. The minimum absolute atomic E-state index is 0.156.